The highest BCUT2D eigenvalue weighted by molar-refractivity contribution is 6.42. The van der Waals surface area contributed by atoms with Gasteiger partial charge in [0.05, 0.1) is 16.1 Å². The number of carbonyl (C=O) groups is 1. The Morgan fingerprint density at radius 3 is 2.63 bits per heavy atom. The number of aromatic nitrogens is 2. The van der Waals surface area contributed by atoms with Crippen molar-refractivity contribution in [2.45, 2.75) is 39.7 Å². The second-order valence-electron chi connectivity index (χ2n) is 7.77. The molecule has 2 N–H and O–H groups in total. The first kappa shape index (κ1) is 20.8. The third-order valence-electron chi connectivity index (χ3n) is 5.58. The second kappa shape index (κ2) is 7.97. The molecule has 2 heterocycles. The van der Waals surface area contributed by atoms with E-state index in [0.29, 0.717) is 33.5 Å². The molecule has 1 unspecified atom stereocenters. The van der Waals surface area contributed by atoms with Crippen LogP contribution in [-0.4, -0.2) is 32.7 Å². The number of carbonyl (C=O) groups excluding carboxylic acids is 1. The average molecular weight is 444 g/mol. The highest BCUT2D eigenvalue weighted by Gasteiger charge is 2.42. The van der Waals surface area contributed by atoms with Crippen LogP contribution in [-0.2, 0) is 0 Å². The van der Waals surface area contributed by atoms with Crippen molar-refractivity contribution in [2.75, 3.05) is 6.54 Å². The third-order valence-corrected chi connectivity index (χ3v) is 6.31. The van der Waals surface area contributed by atoms with Gasteiger partial charge in [-0.1, -0.05) is 48.7 Å². The summed E-state index contributed by atoms with van der Waals surface area (Å²) in [6.07, 6.45) is 1.85. The van der Waals surface area contributed by atoms with Crippen molar-refractivity contribution in [3.63, 3.8) is 0 Å². The maximum absolute atomic E-state index is 13.2. The van der Waals surface area contributed by atoms with Gasteiger partial charge in [-0.3, -0.25) is 9.89 Å². The zero-order chi connectivity index (χ0) is 21.6. The summed E-state index contributed by atoms with van der Waals surface area (Å²) in [7, 11) is 0. The van der Waals surface area contributed by atoms with Crippen molar-refractivity contribution >= 4 is 29.1 Å². The van der Waals surface area contributed by atoms with E-state index in [9.17, 15) is 9.90 Å². The number of phenolic OH excluding ortho intramolecular Hbond substituents is 1. The first-order valence-corrected chi connectivity index (χ1v) is 10.7. The maximum atomic E-state index is 13.2. The summed E-state index contributed by atoms with van der Waals surface area (Å²) in [4.78, 5) is 15.1. The van der Waals surface area contributed by atoms with Gasteiger partial charge in [-0.2, -0.15) is 5.10 Å². The van der Waals surface area contributed by atoms with E-state index in [2.05, 4.69) is 17.1 Å². The van der Waals surface area contributed by atoms with Crippen molar-refractivity contribution in [3.05, 3.63) is 68.3 Å². The largest absolute Gasteiger partial charge is 0.507 e. The number of aromatic amines is 1. The summed E-state index contributed by atoms with van der Waals surface area (Å²) in [6.45, 7) is 6.53. The van der Waals surface area contributed by atoms with Gasteiger partial charge in [0.15, 0.2) is 0 Å². The first-order chi connectivity index (χ1) is 14.3. The molecule has 1 amide bonds. The molecule has 4 rings (SSSR count). The third kappa shape index (κ3) is 3.36. The fourth-order valence-electron chi connectivity index (χ4n) is 4.13. The van der Waals surface area contributed by atoms with E-state index in [1.54, 1.807) is 12.1 Å². The molecule has 0 bridgehead atoms. The SMILES string of the molecule is CCCCN1C(=O)c2[nH]nc(-c3cc(C)cc(C)c3O)c2C1c1ccc(Cl)c(Cl)c1. The Bertz CT molecular complexity index is 1140. The number of fused-ring (bicyclic) bond motifs is 1. The Balaban J connectivity index is 1.93. The van der Waals surface area contributed by atoms with E-state index < -0.39 is 0 Å². The number of aromatic hydroxyl groups is 1. The lowest BCUT2D eigenvalue weighted by atomic mass is 9.94. The number of phenols is 1. The highest BCUT2D eigenvalue weighted by atomic mass is 35.5. The van der Waals surface area contributed by atoms with Gasteiger partial charge in [0, 0.05) is 17.7 Å². The van der Waals surface area contributed by atoms with E-state index >= 15 is 0 Å². The van der Waals surface area contributed by atoms with E-state index in [1.807, 2.05) is 36.9 Å². The minimum absolute atomic E-state index is 0.0999. The van der Waals surface area contributed by atoms with Gasteiger partial charge in [0.25, 0.3) is 5.91 Å². The zero-order valence-electron chi connectivity index (χ0n) is 17.1. The Kier molecular flexibility index (Phi) is 5.51. The fourth-order valence-corrected chi connectivity index (χ4v) is 4.44. The van der Waals surface area contributed by atoms with E-state index in [-0.39, 0.29) is 17.7 Å². The highest BCUT2D eigenvalue weighted by Crippen LogP contribution is 2.46. The molecule has 2 aromatic carbocycles. The van der Waals surface area contributed by atoms with Crippen molar-refractivity contribution in [1.29, 1.82) is 0 Å². The fraction of sp³-hybridized carbons (Fsp3) is 0.304. The van der Waals surface area contributed by atoms with Crippen LogP contribution in [0.1, 0.15) is 58.5 Å². The van der Waals surface area contributed by atoms with Crippen LogP contribution < -0.4 is 0 Å². The summed E-state index contributed by atoms with van der Waals surface area (Å²) in [6, 6.07) is 8.88. The van der Waals surface area contributed by atoms with Gasteiger partial charge in [-0.25, -0.2) is 0 Å². The first-order valence-electron chi connectivity index (χ1n) is 9.98. The molecule has 1 aromatic heterocycles. The standard InChI is InChI=1S/C23H23Cl2N3O2/c1-4-5-8-28-21(14-6-7-16(24)17(25)11-14)18-19(26-27-20(18)23(28)30)15-10-12(2)9-13(3)22(15)29/h6-7,9-11,21,29H,4-5,8H2,1-3H3,(H,26,27). The molecule has 1 aliphatic rings. The van der Waals surface area contributed by atoms with Crippen LogP contribution in [0.25, 0.3) is 11.3 Å². The van der Waals surface area contributed by atoms with Crippen molar-refractivity contribution < 1.29 is 9.90 Å². The molecule has 5 nitrogen and oxygen atoms in total. The smallest absolute Gasteiger partial charge is 0.273 e. The number of amides is 1. The van der Waals surface area contributed by atoms with Crippen LogP contribution in [0.15, 0.2) is 30.3 Å². The van der Waals surface area contributed by atoms with Gasteiger partial charge in [0.2, 0.25) is 0 Å². The molecular formula is C23H23Cl2N3O2. The van der Waals surface area contributed by atoms with Crippen molar-refractivity contribution in [3.8, 4) is 17.0 Å². The predicted molar refractivity (Wildman–Crippen MR) is 119 cm³/mol. The predicted octanol–water partition coefficient (Wildman–Crippen LogP) is 6.05. The van der Waals surface area contributed by atoms with E-state index in [0.717, 1.165) is 35.1 Å². The van der Waals surface area contributed by atoms with Crippen molar-refractivity contribution in [2.24, 2.45) is 0 Å². The molecule has 30 heavy (non-hydrogen) atoms. The lowest BCUT2D eigenvalue weighted by molar-refractivity contribution is 0.0741. The Labute approximate surface area is 185 Å². The average Bonchev–Trinajstić information content (AvgIpc) is 3.24. The topological polar surface area (TPSA) is 69.2 Å². The molecule has 0 saturated carbocycles. The summed E-state index contributed by atoms with van der Waals surface area (Å²) in [5.41, 5.74) is 5.04. The summed E-state index contributed by atoms with van der Waals surface area (Å²) < 4.78 is 0. The Morgan fingerprint density at radius 1 is 1.17 bits per heavy atom. The van der Waals surface area contributed by atoms with Crippen LogP contribution in [0, 0.1) is 13.8 Å². The van der Waals surface area contributed by atoms with Gasteiger partial charge >= 0.3 is 0 Å². The summed E-state index contributed by atoms with van der Waals surface area (Å²) in [5.74, 6) is 0.0689. The van der Waals surface area contributed by atoms with Crippen LogP contribution in [0.2, 0.25) is 10.0 Å². The molecule has 0 spiro atoms. The van der Waals surface area contributed by atoms with Gasteiger partial charge in [-0.05, 0) is 55.2 Å². The van der Waals surface area contributed by atoms with Gasteiger partial charge < -0.3 is 10.0 Å². The number of aryl methyl sites for hydroxylation is 2. The zero-order valence-corrected chi connectivity index (χ0v) is 18.6. The number of rotatable bonds is 5. The monoisotopic (exact) mass is 443 g/mol. The number of nitrogens with zero attached hydrogens (tertiary/aromatic N) is 2. The van der Waals surface area contributed by atoms with Crippen molar-refractivity contribution in [1.82, 2.24) is 15.1 Å². The minimum atomic E-state index is -0.359. The lowest BCUT2D eigenvalue weighted by Gasteiger charge is -2.26. The number of halogens is 2. The number of nitrogens with one attached hydrogen (secondary N) is 1. The summed E-state index contributed by atoms with van der Waals surface area (Å²) in [5, 5.41) is 19.0. The van der Waals surface area contributed by atoms with Crippen LogP contribution in [0.5, 0.6) is 5.75 Å². The number of hydrogen-bond acceptors (Lipinski definition) is 3. The molecule has 7 heteroatoms. The number of unbranched alkanes of at least 4 members (excludes halogenated alkanes) is 1. The lowest BCUT2D eigenvalue weighted by Crippen LogP contribution is -2.30. The van der Waals surface area contributed by atoms with E-state index in [1.165, 1.54) is 0 Å². The second-order valence-corrected chi connectivity index (χ2v) is 8.58. The normalized spacial score (nSPS) is 15.7. The Morgan fingerprint density at radius 2 is 1.93 bits per heavy atom. The molecular weight excluding hydrogens is 421 g/mol. The van der Waals surface area contributed by atoms with Gasteiger partial charge in [0.1, 0.15) is 17.1 Å². The molecule has 1 aliphatic heterocycles. The Hall–Kier alpha value is -2.50. The van der Waals surface area contributed by atoms with E-state index in [4.69, 9.17) is 23.2 Å². The van der Waals surface area contributed by atoms with Crippen LogP contribution in [0.3, 0.4) is 0 Å². The number of benzene rings is 2. The molecule has 156 valence electrons. The molecule has 3 aromatic rings. The number of hydrogen-bond donors (Lipinski definition) is 2. The van der Waals surface area contributed by atoms with Gasteiger partial charge in [-0.15, -0.1) is 0 Å². The molecule has 0 aliphatic carbocycles. The molecule has 0 fully saturated rings. The minimum Gasteiger partial charge on any atom is -0.507 e. The van der Waals surface area contributed by atoms with Crippen LogP contribution >= 0.6 is 23.2 Å². The quantitative estimate of drug-likeness (QED) is 0.503. The number of H-pyrrole nitrogens is 1. The summed E-state index contributed by atoms with van der Waals surface area (Å²) >= 11 is 12.4. The molecule has 0 saturated heterocycles. The maximum Gasteiger partial charge on any atom is 0.273 e. The molecule has 1 atom stereocenters. The van der Waals surface area contributed by atoms with Crippen LogP contribution in [0.4, 0.5) is 0 Å². The molecule has 0 radical (unpaired) electrons.